The molecular weight excluding hydrogens is 308 g/mol. The van der Waals surface area contributed by atoms with Gasteiger partial charge in [-0.05, 0) is 29.7 Å². The molecule has 0 saturated heterocycles. The van der Waals surface area contributed by atoms with E-state index in [2.05, 4.69) is 36.5 Å². The molecule has 0 saturated carbocycles. The van der Waals surface area contributed by atoms with Gasteiger partial charge in [0.25, 0.3) is 0 Å². The zero-order chi connectivity index (χ0) is 16.9. The number of benzene rings is 2. The minimum Gasteiger partial charge on any atom is -0.306 e. The van der Waals surface area contributed by atoms with E-state index < -0.39 is 10.0 Å². The van der Waals surface area contributed by atoms with Crippen LogP contribution in [0.4, 0.5) is 5.69 Å². The fourth-order valence-corrected chi connectivity index (χ4v) is 2.94. The normalized spacial score (nSPS) is 12.8. The minimum atomic E-state index is -3.22. The van der Waals surface area contributed by atoms with Crippen molar-refractivity contribution in [2.45, 2.75) is 25.9 Å². The Hall–Kier alpha value is -1.85. The molecular formula is C18H24N2O2S. The van der Waals surface area contributed by atoms with E-state index in [1.807, 2.05) is 30.3 Å². The first kappa shape index (κ1) is 17.5. The van der Waals surface area contributed by atoms with Gasteiger partial charge in [0, 0.05) is 19.6 Å². The van der Waals surface area contributed by atoms with Crippen molar-refractivity contribution < 1.29 is 8.42 Å². The van der Waals surface area contributed by atoms with Gasteiger partial charge in [0.15, 0.2) is 0 Å². The van der Waals surface area contributed by atoms with Crippen molar-refractivity contribution in [3.8, 4) is 0 Å². The van der Waals surface area contributed by atoms with Crippen molar-refractivity contribution >= 4 is 15.7 Å². The van der Waals surface area contributed by atoms with Crippen molar-refractivity contribution in [2.75, 3.05) is 17.6 Å². The first-order valence-corrected chi connectivity index (χ1v) is 9.58. The first-order chi connectivity index (χ1) is 10.9. The van der Waals surface area contributed by atoms with Gasteiger partial charge in [0.1, 0.15) is 0 Å². The highest BCUT2D eigenvalue weighted by molar-refractivity contribution is 7.92. The maximum absolute atomic E-state index is 11.5. The molecule has 2 aromatic rings. The second-order valence-corrected chi connectivity index (χ2v) is 7.66. The zero-order valence-corrected chi connectivity index (χ0v) is 14.7. The van der Waals surface area contributed by atoms with Crippen LogP contribution >= 0.6 is 0 Å². The Labute approximate surface area is 139 Å². The summed E-state index contributed by atoms with van der Waals surface area (Å²) in [5.74, 6) is 0. The first-order valence-electron chi connectivity index (χ1n) is 7.73. The Bertz CT molecular complexity index is 712. The summed E-state index contributed by atoms with van der Waals surface area (Å²) in [5.41, 5.74) is 3.08. The predicted octanol–water partition coefficient (Wildman–Crippen LogP) is 3.32. The number of nitrogens with zero attached hydrogens (tertiary/aromatic N) is 1. The molecule has 0 spiro atoms. The molecule has 1 N–H and O–H groups in total. The molecule has 1 unspecified atom stereocenters. The van der Waals surface area contributed by atoms with Crippen LogP contribution in [0.15, 0.2) is 54.6 Å². The number of anilines is 1. The van der Waals surface area contributed by atoms with E-state index in [0.717, 1.165) is 18.5 Å². The lowest BCUT2D eigenvalue weighted by Gasteiger charge is -2.19. The topological polar surface area (TPSA) is 49.4 Å². The molecule has 2 rings (SSSR count). The summed E-state index contributed by atoms with van der Waals surface area (Å²) in [6, 6.07) is 18.3. The maximum Gasteiger partial charge on any atom is 0.231 e. The fourth-order valence-electron chi connectivity index (χ4n) is 2.44. The van der Waals surface area contributed by atoms with E-state index in [9.17, 15) is 8.42 Å². The Morgan fingerprint density at radius 1 is 1.04 bits per heavy atom. The zero-order valence-electron chi connectivity index (χ0n) is 13.9. The average molecular weight is 332 g/mol. The molecule has 0 aliphatic heterocycles. The Kier molecular flexibility index (Phi) is 5.80. The maximum atomic E-state index is 11.5. The van der Waals surface area contributed by atoms with E-state index in [4.69, 9.17) is 0 Å². The van der Waals surface area contributed by atoms with E-state index >= 15 is 0 Å². The summed E-state index contributed by atoms with van der Waals surface area (Å²) >= 11 is 0. The van der Waals surface area contributed by atoms with E-state index in [0.29, 0.717) is 11.7 Å². The number of sulfonamides is 1. The van der Waals surface area contributed by atoms with Crippen LogP contribution in [0.3, 0.4) is 0 Å². The van der Waals surface area contributed by atoms with Gasteiger partial charge in [-0.1, -0.05) is 49.4 Å². The quantitative estimate of drug-likeness (QED) is 0.846. The van der Waals surface area contributed by atoms with Gasteiger partial charge in [0.2, 0.25) is 10.0 Å². The number of rotatable bonds is 7. The molecule has 0 heterocycles. The number of hydrogen-bond donors (Lipinski definition) is 1. The van der Waals surface area contributed by atoms with Crippen LogP contribution < -0.4 is 9.62 Å². The molecule has 0 aliphatic rings. The molecule has 0 bridgehead atoms. The SMILES string of the molecule is CCC(NCc1ccc(N(C)S(C)(=O)=O)cc1)c1ccccc1. The van der Waals surface area contributed by atoms with Crippen molar-refractivity contribution in [1.29, 1.82) is 0 Å². The predicted molar refractivity (Wildman–Crippen MR) is 96.0 cm³/mol. The smallest absolute Gasteiger partial charge is 0.231 e. The van der Waals surface area contributed by atoms with Crippen LogP contribution in [0.25, 0.3) is 0 Å². The summed E-state index contributed by atoms with van der Waals surface area (Å²) in [6.07, 6.45) is 2.22. The highest BCUT2D eigenvalue weighted by Gasteiger charge is 2.12. The van der Waals surface area contributed by atoms with Crippen LogP contribution in [0.1, 0.15) is 30.5 Å². The number of hydrogen-bond acceptors (Lipinski definition) is 3. The van der Waals surface area contributed by atoms with Gasteiger partial charge in [-0.15, -0.1) is 0 Å². The average Bonchev–Trinajstić information content (AvgIpc) is 2.55. The van der Waals surface area contributed by atoms with Gasteiger partial charge < -0.3 is 5.32 Å². The summed E-state index contributed by atoms with van der Waals surface area (Å²) < 4.78 is 24.4. The van der Waals surface area contributed by atoms with E-state index in [-0.39, 0.29) is 0 Å². The third-order valence-corrected chi connectivity index (χ3v) is 5.17. The second kappa shape index (κ2) is 7.62. The molecule has 0 fully saturated rings. The third kappa shape index (κ3) is 4.81. The van der Waals surface area contributed by atoms with Gasteiger partial charge in [-0.2, -0.15) is 0 Å². The molecule has 1 atom stereocenters. The molecule has 0 amide bonds. The Morgan fingerprint density at radius 3 is 2.17 bits per heavy atom. The van der Waals surface area contributed by atoms with Crippen molar-refractivity contribution in [3.63, 3.8) is 0 Å². The molecule has 0 aromatic heterocycles. The summed E-state index contributed by atoms with van der Waals surface area (Å²) in [5, 5.41) is 3.55. The van der Waals surface area contributed by atoms with E-state index in [1.165, 1.54) is 16.1 Å². The van der Waals surface area contributed by atoms with Gasteiger partial charge in [-0.25, -0.2) is 8.42 Å². The van der Waals surface area contributed by atoms with Crippen molar-refractivity contribution in [3.05, 3.63) is 65.7 Å². The van der Waals surface area contributed by atoms with Gasteiger partial charge in [-0.3, -0.25) is 4.31 Å². The fraction of sp³-hybridized carbons (Fsp3) is 0.333. The second-order valence-electron chi connectivity index (χ2n) is 5.65. The number of nitrogens with one attached hydrogen (secondary N) is 1. The highest BCUT2D eigenvalue weighted by atomic mass is 32.2. The Morgan fingerprint density at radius 2 is 1.65 bits per heavy atom. The Balaban J connectivity index is 2.01. The third-order valence-electron chi connectivity index (χ3n) is 3.96. The van der Waals surface area contributed by atoms with Crippen LogP contribution in [0.2, 0.25) is 0 Å². The molecule has 23 heavy (non-hydrogen) atoms. The lowest BCUT2D eigenvalue weighted by molar-refractivity contribution is 0.519. The van der Waals surface area contributed by atoms with Crippen LogP contribution in [-0.2, 0) is 16.6 Å². The standard InChI is InChI=1S/C18H24N2O2S/c1-4-18(16-8-6-5-7-9-16)19-14-15-10-12-17(13-11-15)20(2)23(3,21)22/h5-13,18-19H,4,14H2,1-3H3. The molecule has 0 radical (unpaired) electrons. The summed E-state index contributed by atoms with van der Waals surface area (Å²) in [4.78, 5) is 0. The van der Waals surface area contributed by atoms with Crippen molar-refractivity contribution in [2.24, 2.45) is 0 Å². The summed E-state index contributed by atoms with van der Waals surface area (Å²) in [6.45, 7) is 2.91. The molecule has 2 aromatic carbocycles. The van der Waals surface area contributed by atoms with E-state index in [1.54, 1.807) is 7.05 Å². The summed E-state index contributed by atoms with van der Waals surface area (Å²) in [7, 11) is -1.66. The highest BCUT2D eigenvalue weighted by Crippen LogP contribution is 2.19. The van der Waals surface area contributed by atoms with Crippen LogP contribution in [0.5, 0.6) is 0 Å². The largest absolute Gasteiger partial charge is 0.306 e. The lowest BCUT2D eigenvalue weighted by Crippen LogP contribution is -2.24. The van der Waals surface area contributed by atoms with Crippen molar-refractivity contribution in [1.82, 2.24) is 5.32 Å². The molecule has 4 nitrogen and oxygen atoms in total. The molecule has 5 heteroatoms. The van der Waals surface area contributed by atoms with Gasteiger partial charge in [0.05, 0.1) is 11.9 Å². The minimum absolute atomic E-state index is 0.314. The lowest BCUT2D eigenvalue weighted by atomic mass is 10.0. The van der Waals surface area contributed by atoms with Gasteiger partial charge >= 0.3 is 0 Å². The molecule has 124 valence electrons. The molecule has 0 aliphatic carbocycles. The van der Waals surface area contributed by atoms with Crippen LogP contribution in [0, 0.1) is 0 Å². The monoisotopic (exact) mass is 332 g/mol. The van der Waals surface area contributed by atoms with Crippen LogP contribution in [-0.4, -0.2) is 21.7 Å².